The molecule has 0 bridgehead atoms. The van der Waals surface area contributed by atoms with E-state index in [1.807, 2.05) is 37.3 Å². The quantitative estimate of drug-likeness (QED) is 0.197. The maximum Gasteiger partial charge on any atom is 0.347 e. The number of phenols is 2. The van der Waals surface area contributed by atoms with Crippen molar-refractivity contribution in [1.82, 2.24) is 0 Å². The molecule has 0 radical (unpaired) electrons. The molecule has 4 aromatic rings. The highest BCUT2D eigenvalue weighted by Gasteiger charge is 2.17. The molecule has 4 nitrogen and oxygen atoms in total. The largest absolute Gasteiger partial charge is 0.508 e. The van der Waals surface area contributed by atoms with Gasteiger partial charge in [-0.3, -0.25) is 0 Å². The van der Waals surface area contributed by atoms with E-state index in [2.05, 4.69) is 0 Å². The van der Waals surface area contributed by atoms with E-state index < -0.39 is 17.6 Å². The Morgan fingerprint density at radius 1 is 0.824 bits per heavy atom. The van der Waals surface area contributed by atoms with Gasteiger partial charge in [0.2, 0.25) is 0 Å². The van der Waals surface area contributed by atoms with E-state index in [0.717, 1.165) is 23.3 Å². The molecule has 0 fully saturated rings. The number of hydrogen-bond donors (Lipinski definition) is 2. The average molecular weight is 458 g/mol. The van der Waals surface area contributed by atoms with Gasteiger partial charge in [0.25, 0.3) is 0 Å². The number of halogens is 2. The van der Waals surface area contributed by atoms with Crippen LogP contribution in [0.25, 0.3) is 23.3 Å². The summed E-state index contributed by atoms with van der Waals surface area (Å²) in [6.45, 7) is 1.99. The summed E-state index contributed by atoms with van der Waals surface area (Å²) in [6.07, 6.45) is 3.61. The van der Waals surface area contributed by atoms with E-state index >= 15 is 0 Å². The molecule has 0 amide bonds. The first kappa shape index (κ1) is 22.7. The van der Waals surface area contributed by atoms with Gasteiger partial charge in [0.1, 0.15) is 34.4 Å². The molecule has 0 aliphatic rings. The third-order valence-electron chi connectivity index (χ3n) is 5.13. The van der Waals surface area contributed by atoms with Gasteiger partial charge in [0.15, 0.2) is 0 Å². The predicted octanol–water partition coefficient (Wildman–Crippen LogP) is 6.74. The third-order valence-corrected chi connectivity index (χ3v) is 5.13. The van der Waals surface area contributed by atoms with Crippen LogP contribution in [0.4, 0.5) is 8.78 Å². The van der Waals surface area contributed by atoms with Crippen LogP contribution in [0.5, 0.6) is 17.2 Å². The average Bonchev–Trinajstić information content (AvgIpc) is 2.79. The van der Waals surface area contributed by atoms with Crippen molar-refractivity contribution in [1.29, 1.82) is 0 Å². The molecule has 0 heterocycles. The highest BCUT2D eigenvalue weighted by atomic mass is 19.1. The Kier molecular flexibility index (Phi) is 6.41. The first-order valence-corrected chi connectivity index (χ1v) is 10.4. The zero-order valence-electron chi connectivity index (χ0n) is 18.1. The highest BCUT2D eigenvalue weighted by molar-refractivity contribution is 5.95. The van der Waals surface area contributed by atoms with Crippen LogP contribution in [-0.2, 0) is 0 Å². The number of carbonyl (C=O) groups excluding carboxylic acids is 1. The molecule has 0 saturated heterocycles. The van der Waals surface area contributed by atoms with Gasteiger partial charge in [0.05, 0.1) is 0 Å². The molecule has 170 valence electrons. The highest BCUT2D eigenvalue weighted by Crippen LogP contribution is 2.30. The van der Waals surface area contributed by atoms with Crippen LogP contribution in [0.15, 0.2) is 78.9 Å². The number of carbonyl (C=O) groups is 1. The minimum absolute atomic E-state index is 0.0614. The number of hydrogen-bond acceptors (Lipinski definition) is 4. The van der Waals surface area contributed by atoms with Gasteiger partial charge in [-0.05, 0) is 60.0 Å². The zero-order chi connectivity index (χ0) is 24.2. The number of esters is 1. The van der Waals surface area contributed by atoms with Crippen LogP contribution in [0.3, 0.4) is 0 Å². The SMILES string of the molecule is Cc1ccc(/C=C/c2cc(O)cc(OC(=O)c3cc(-c4ccc(F)cc4F)ccc3O)c2)cc1. The van der Waals surface area contributed by atoms with Crippen LogP contribution in [-0.4, -0.2) is 16.2 Å². The van der Waals surface area contributed by atoms with Gasteiger partial charge in [0, 0.05) is 17.7 Å². The fourth-order valence-corrected chi connectivity index (χ4v) is 3.38. The smallest absolute Gasteiger partial charge is 0.347 e. The molecule has 0 spiro atoms. The molecule has 0 aliphatic carbocycles. The number of ether oxygens (including phenoxy) is 1. The molecule has 4 aromatic carbocycles. The molecule has 0 aliphatic heterocycles. The number of aryl methyl sites for hydroxylation is 1. The van der Waals surface area contributed by atoms with Gasteiger partial charge in [-0.1, -0.05) is 48.0 Å². The Balaban J connectivity index is 1.58. The molecule has 0 saturated carbocycles. The number of benzene rings is 4. The van der Waals surface area contributed by atoms with Crippen molar-refractivity contribution in [2.75, 3.05) is 0 Å². The number of rotatable bonds is 5. The minimum Gasteiger partial charge on any atom is -0.508 e. The molecule has 4 rings (SSSR count). The van der Waals surface area contributed by atoms with Crippen LogP contribution in [0.2, 0.25) is 0 Å². The van der Waals surface area contributed by atoms with Crippen molar-refractivity contribution in [2.45, 2.75) is 6.92 Å². The van der Waals surface area contributed by atoms with E-state index in [1.165, 1.54) is 36.4 Å². The Bertz CT molecular complexity index is 1390. The minimum atomic E-state index is -0.902. The topological polar surface area (TPSA) is 66.8 Å². The van der Waals surface area contributed by atoms with E-state index in [0.29, 0.717) is 5.56 Å². The van der Waals surface area contributed by atoms with Crippen LogP contribution in [0.1, 0.15) is 27.0 Å². The lowest BCUT2D eigenvalue weighted by molar-refractivity contribution is 0.0731. The van der Waals surface area contributed by atoms with Gasteiger partial charge in [-0.15, -0.1) is 0 Å². The van der Waals surface area contributed by atoms with E-state index in [4.69, 9.17) is 4.74 Å². The lowest BCUT2D eigenvalue weighted by atomic mass is 10.0. The van der Waals surface area contributed by atoms with Crippen LogP contribution < -0.4 is 4.74 Å². The Morgan fingerprint density at radius 2 is 1.56 bits per heavy atom. The van der Waals surface area contributed by atoms with E-state index in [-0.39, 0.29) is 33.9 Å². The monoisotopic (exact) mass is 458 g/mol. The molecule has 2 N–H and O–H groups in total. The van der Waals surface area contributed by atoms with E-state index in [1.54, 1.807) is 12.1 Å². The van der Waals surface area contributed by atoms with Crippen molar-refractivity contribution in [3.8, 4) is 28.4 Å². The molecule has 0 unspecified atom stereocenters. The first-order chi connectivity index (χ1) is 16.3. The zero-order valence-corrected chi connectivity index (χ0v) is 18.1. The Labute approximate surface area is 195 Å². The fourth-order valence-electron chi connectivity index (χ4n) is 3.38. The summed E-state index contributed by atoms with van der Waals surface area (Å²) in [7, 11) is 0. The molecule has 0 atom stereocenters. The number of aromatic hydroxyl groups is 2. The maximum absolute atomic E-state index is 14.2. The Hall–Kier alpha value is -4.45. The summed E-state index contributed by atoms with van der Waals surface area (Å²) in [5, 5.41) is 20.2. The van der Waals surface area contributed by atoms with Crippen LogP contribution >= 0.6 is 0 Å². The number of phenolic OH excluding ortho intramolecular Hbond substituents is 2. The normalized spacial score (nSPS) is 11.0. The molecular formula is C28H20F2O4. The van der Waals surface area contributed by atoms with Gasteiger partial charge in [-0.2, -0.15) is 0 Å². The summed E-state index contributed by atoms with van der Waals surface area (Å²) >= 11 is 0. The predicted molar refractivity (Wildman–Crippen MR) is 127 cm³/mol. The van der Waals surface area contributed by atoms with Crippen LogP contribution in [0, 0.1) is 18.6 Å². The molecular weight excluding hydrogens is 438 g/mol. The first-order valence-electron chi connectivity index (χ1n) is 10.4. The van der Waals surface area contributed by atoms with Gasteiger partial charge in [-0.25, -0.2) is 13.6 Å². The molecule has 0 aromatic heterocycles. The summed E-state index contributed by atoms with van der Waals surface area (Å²) < 4.78 is 32.8. The second-order valence-corrected chi connectivity index (χ2v) is 7.75. The molecule has 34 heavy (non-hydrogen) atoms. The molecule has 6 heteroatoms. The van der Waals surface area contributed by atoms with Gasteiger partial charge < -0.3 is 14.9 Å². The van der Waals surface area contributed by atoms with Crippen molar-refractivity contribution in [3.05, 3.63) is 113 Å². The Morgan fingerprint density at radius 3 is 2.29 bits per heavy atom. The van der Waals surface area contributed by atoms with E-state index in [9.17, 15) is 23.8 Å². The third kappa shape index (κ3) is 5.30. The summed E-state index contributed by atoms with van der Waals surface area (Å²) in [5.41, 5.74) is 2.81. The second-order valence-electron chi connectivity index (χ2n) is 7.75. The fraction of sp³-hybridized carbons (Fsp3) is 0.0357. The van der Waals surface area contributed by atoms with Crippen molar-refractivity contribution >= 4 is 18.1 Å². The standard InChI is InChI=1S/C28H20F2O4/c1-17-2-4-18(5-3-17)6-7-19-12-22(31)16-23(13-19)34-28(33)25-14-20(8-11-27(25)32)24-10-9-21(29)15-26(24)30/h2-16,31-32H,1H3/b7-6+. The van der Waals surface area contributed by atoms with Gasteiger partial charge >= 0.3 is 5.97 Å². The summed E-state index contributed by atoms with van der Waals surface area (Å²) in [4.78, 5) is 12.8. The van der Waals surface area contributed by atoms with Crippen molar-refractivity contribution < 1.29 is 28.5 Å². The maximum atomic E-state index is 14.2. The summed E-state index contributed by atoms with van der Waals surface area (Å²) in [6, 6.07) is 19.2. The summed E-state index contributed by atoms with van der Waals surface area (Å²) in [5.74, 6) is -2.85. The lowest BCUT2D eigenvalue weighted by Crippen LogP contribution is -2.09. The second kappa shape index (κ2) is 9.58. The lowest BCUT2D eigenvalue weighted by Gasteiger charge is -2.10. The van der Waals surface area contributed by atoms with Crippen molar-refractivity contribution in [2.24, 2.45) is 0 Å². The van der Waals surface area contributed by atoms with Crippen molar-refractivity contribution in [3.63, 3.8) is 0 Å².